The highest BCUT2D eigenvalue weighted by Crippen LogP contribution is 2.29. The SMILES string of the molecule is CNC1(CNC(=O)ON2C(=O)CCC2=O)Cc2ccccc2C1. The van der Waals surface area contributed by atoms with Crippen LogP contribution < -0.4 is 10.6 Å². The van der Waals surface area contributed by atoms with Crippen LogP contribution in [0.1, 0.15) is 24.0 Å². The molecule has 7 nitrogen and oxygen atoms in total. The predicted molar refractivity (Wildman–Crippen MR) is 81.2 cm³/mol. The average molecular weight is 317 g/mol. The second-order valence-electron chi connectivity index (χ2n) is 5.97. The number of imide groups is 1. The van der Waals surface area contributed by atoms with Crippen molar-refractivity contribution in [2.45, 2.75) is 31.2 Å². The Bertz CT molecular complexity index is 617. The monoisotopic (exact) mass is 317 g/mol. The van der Waals surface area contributed by atoms with E-state index in [1.807, 2.05) is 19.2 Å². The van der Waals surface area contributed by atoms with Gasteiger partial charge in [-0.2, -0.15) is 0 Å². The summed E-state index contributed by atoms with van der Waals surface area (Å²) in [7, 11) is 1.85. The number of hydroxylamine groups is 2. The van der Waals surface area contributed by atoms with Crippen molar-refractivity contribution in [3.63, 3.8) is 0 Å². The molecule has 23 heavy (non-hydrogen) atoms. The Morgan fingerprint density at radius 2 is 1.74 bits per heavy atom. The first kappa shape index (κ1) is 15.5. The largest absolute Gasteiger partial charge is 0.432 e. The smallest absolute Gasteiger partial charge is 0.318 e. The molecule has 0 atom stereocenters. The van der Waals surface area contributed by atoms with Crippen molar-refractivity contribution in [2.24, 2.45) is 0 Å². The molecule has 3 amide bonds. The molecular weight excluding hydrogens is 298 g/mol. The van der Waals surface area contributed by atoms with Gasteiger partial charge in [-0.15, -0.1) is 5.06 Å². The van der Waals surface area contributed by atoms with Gasteiger partial charge < -0.3 is 15.5 Å². The summed E-state index contributed by atoms with van der Waals surface area (Å²) in [6.45, 7) is 0.341. The summed E-state index contributed by atoms with van der Waals surface area (Å²) in [6.07, 6.45) is 0.964. The number of likely N-dealkylation sites (N-methyl/N-ethyl adjacent to an activating group) is 1. The van der Waals surface area contributed by atoms with Gasteiger partial charge in [0.15, 0.2) is 0 Å². The Morgan fingerprint density at radius 3 is 2.26 bits per heavy atom. The van der Waals surface area contributed by atoms with Gasteiger partial charge >= 0.3 is 6.09 Å². The lowest BCUT2D eigenvalue weighted by atomic mass is 9.96. The van der Waals surface area contributed by atoms with E-state index in [0.29, 0.717) is 11.6 Å². The fourth-order valence-electron chi connectivity index (χ4n) is 3.10. The van der Waals surface area contributed by atoms with Crippen LogP contribution in [0, 0.1) is 0 Å². The number of fused-ring (bicyclic) bond motifs is 1. The number of amides is 3. The summed E-state index contributed by atoms with van der Waals surface area (Å²) in [4.78, 5) is 39.6. The van der Waals surface area contributed by atoms with Crippen LogP contribution in [0.3, 0.4) is 0 Å². The van der Waals surface area contributed by atoms with Crippen LogP contribution in [0.15, 0.2) is 24.3 Å². The Morgan fingerprint density at radius 1 is 1.17 bits per heavy atom. The summed E-state index contributed by atoms with van der Waals surface area (Å²) in [6, 6.07) is 8.15. The molecule has 0 saturated carbocycles. The Balaban J connectivity index is 1.58. The molecule has 1 aromatic rings. The molecule has 7 heteroatoms. The van der Waals surface area contributed by atoms with Gasteiger partial charge in [-0.1, -0.05) is 24.3 Å². The summed E-state index contributed by atoms with van der Waals surface area (Å²) in [5, 5.41) is 6.47. The number of rotatable bonds is 4. The molecule has 122 valence electrons. The van der Waals surface area contributed by atoms with Crippen molar-refractivity contribution < 1.29 is 19.2 Å². The van der Waals surface area contributed by atoms with E-state index in [1.54, 1.807) is 0 Å². The van der Waals surface area contributed by atoms with E-state index in [0.717, 1.165) is 12.8 Å². The van der Waals surface area contributed by atoms with E-state index in [4.69, 9.17) is 4.84 Å². The topological polar surface area (TPSA) is 87.7 Å². The van der Waals surface area contributed by atoms with Crippen molar-refractivity contribution in [1.29, 1.82) is 0 Å². The maximum atomic E-state index is 11.9. The van der Waals surface area contributed by atoms with Gasteiger partial charge in [-0.25, -0.2) is 4.79 Å². The van der Waals surface area contributed by atoms with Crippen molar-refractivity contribution in [1.82, 2.24) is 15.7 Å². The third-order valence-corrected chi connectivity index (χ3v) is 4.46. The maximum absolute atomic E-state index is 11.9. The van der Waals surface area contributed by atoms with Gasteiger partial charge in [-0.3, -0.25) is 9.59 Å². The number of carbonyl (C=O) groups excluding carboxylic acids is 3. The molecule has 1 aliphatic heterocycles. The number of hydrogen-bond donors (Lipinski definition) is 2. The third-order valence-electron chi connectivity index (χ3n) is 4.46. The van der Waals surface area contributed by atoms with Crippen molar-refractivity contribution >= 4 is 17.9 Å². The van der Waals surface area contributed by atoms with Crippen LogP contribution in [-0.4, -0.2) is 42.1 Å². The molecule has 1 fully saturated rings. The van der Waals surface area contributed by atoms with Crippen LogP contribution in [0.25, 0.3) is 0 Å². The standard InChI is InChI=1S/C16H19N3O4/c1-17-16(8-11-4-2-3-5-12(11)9-16)10-18-15(22)23-19-13(20)6-7-14(19)21/h2-5,17H,6-10H2,1H3,(H,18,22). The van der Waals surface area contributed by atoms with Crippen LogP contribution >= 0.6 is 0 Å². The van der Waals surface area contributed by atoms with Gasteiger partial charge in [0, 0.05) is 24.9 Å². The first-order chi connectivity index (χ1) is 11.0. The number of nitrogens with one attached hydrogen (secondary N) is 2. The van der Waals surface area contributed by atoms with Crippen LogP contribution in [0.4, 0.5) is 4.79 Å². The zero-order valence-electron chi connectivity index (χ0n) is 12.9. The summed E-state index contributed by atoms with van der Waals surface area (Å²) >= 11 is 0. The molecule has 1 aromatic carbocycles. The highest BCUT2D eigenvalue weighted by molar-refractivity contribution is 6.01. The van der Waals surface area contributed by atoms with Crippen LogP contribution in [0.2, 0.25) is 0 Å². The highest BCUT2D eigenvalue weighted by atomic mass is 16.7. The molecular formula is C16H19N3O4. The van der Waals surface area contributed by atoms with Gasteiger partial charge in [0.2, 0.25) is 0 Å². The van der Waals surface area contributed by atoms with E-state index in [-0.39, 0.29) is 18.4 Å². The Kier molecular flexibility index (Phi) is 4.04. The van der Waals surface area contributed by atoms with Crippen LogP contribution in [-0.2, 0) is 27.3 Å². The lowest BCUT2D eigenvalue weighted by Crippen LogP contribution is -2.53. The van der Waals surface area contributed by atoms with Gasteiger partial charge in [-0.05, 0) is 31.0 Å². The van der Waals surface area contributed by atoms with E-state index in [2.05, 4.69) is 22.8 Å². The van der Waals surface area contributed by atoms with E-state index in [1.165, 1.54) is 11.1 Å². The fraction of sp³-hybridized carbons (Fsp3) is 0.438. The summed E-state index contributed by atoms with van der Waals surface area (Å²) < 4.78 is 0. The number of carbonyl (C=O) groups is 3. The molecule has 0 aromatic heterocycles. The lowest BCUT2D eigenvalue weighted by molar-refractivity contribution is -0.171. The molecule has 1 aliphatic carbocycles. The molecule has 0 radical (unpaired) electrons. The van der Waals surface area contributed by atoms with Crippen LogP contribution in [0.5, 0.6) is 0 Å². The minimum atomic E-state index is -0.792. The first-order valence-corrected chi connectivity index (χ1v) is 7.60. The second kappa shape index (κ2) is 6.00. The molecule has 0 bridgehead atoms. The Hall–Kier alpha value is -2.41. The van der Waals surface area contributed by atoms with Gasteiger partial charge in [0.25, 0.3) is 11.8 Å². The normalized spacial score (nSPS) is 18.9. The minimum absolute atomic E-state index is 0.0852. The van der Waals surface area contributed by atoms with E-state index < -0.39 is 17.9 Å². The second-order valence-corrected chi connectivity index (χ2v) is 5.97. The van der Waals surface area contributed by atoms with E-state index >= 15 is 0 Å². The molecule has 0 spiro atoms. The van der Waals surface area contributed by atoms with E-state index in [9.17, 15) is 14.4 Å². The minimum Gasteiger partial charge on any atom is -0.318 e. The molecule has 1 saturated heterocycles. The molecule has 0 unspecified atom stereocenters. The van der Waals surface area contributed by atoms with Crippen molar-refractivity contribution in [2.75, 3.05) is 13.6 Å². The van der Waals surface area contributed by atoms with Gasteiger partial charge in [0.1, 0.15) is 0 Å². The zero-order chi connectivity index (χ0) is 16.4. The quantitative estimate of drug-likeness (QED) is 0.791. The number of hydrogen-bond acceptors (Lipinski definition) is 5. The van der Waals surface area contributed by atoms with Crippen molar-refractivity contribution in [3.05, 3.63) is 35.4 Å². The number of nitrogens with zero attached hydrogens (tertiary/aromatic N) is 1. The highest BCUT2D eigenvalue weighted by Gasteiger charge is 2.37. The molecule has 2 N–H and O–H groups in total. The zero-order valence-corrected chi connectivity index (χ0v) is 12.9. The summed E-state index contributed by atoms with van der Waals surface area (Å²) in [5.74, 6) is -0.969. The molecule has 3 rings (SSSR count). The predicted octanol–water partition coefficient (Wildman–Crippen LogP) is 0.534. The molecule has 1 heterocycles. The lowest BCUT2D eigenvalue weighted by Gasteiger charge is -2.29. The average Bonchev–Trinajstić information content (AvgIpc) is 3.08. The number of benzene rings is 1. The Labute approximate surface area is 133 Å². The third kappa shape index (κ3) is 3.05. The maximum Gasteiger partial charge on any atom is 0.432 e. The first-order valence-electron chi connectivity index (χ1n) is 7.60. The molecule has 2 aliphatic rings. The summed E-state index contributed by atoms with van der Waals surface area (Å²) in [5.41, 5.74) is 2.21. The van der Waals surface area contributed by atoms with Crippen molar-refractivity contribution in [3.8, 4) is 0 Å². The fourth-order valence-corrected chi connectivity index (χ4v) is 3.10. The van der Waals surface area contributed by atoms with Gasteiger partial charge in [0.05, 0.1) is 0 Å².